The van der Waals surface area contributed by atoms with Crippen molar-refractivity contribution in [2.45, 2.75) is 6.42 Å². The predicted molar refractivity (Wildman–Crippen MR) is 88.0 cm³/mol. The minimum absolute atomic E-state index is 0.121. The molecule has 1 heterocycles. The molecular weight excluding hydrogens is 346 g/mol. The Labute approximate surface area is 141 Å². The third-order valence-electron chi connectivity index (χ3n) is 3.44. The first-order valence-corrected chi connectivity index (χ1v) is 7.46. The summed E-state index contributed by atoms with van der Waals surface area (Å²) in [6.45, 7) is 0. The van der Waals surface area contributed by atoms with Gasteiger partial charge in [-0.3, -0.25) is 0 Å². The lowest BCUT2D eigenvalue weighted by Gasteiger charge is -2.09. The van der Waals surface area contributed by atoms with Crippen LogP contribution in [0.1, 0.15) is 5.56 Å². The van der Waals surface area contributed by atoms with Gasteiger partial charge in [-0.2, -0.15) is 5.26 Å². The molecule has 0 unspecified atom stereocenters. The van der Waals surface area contributed by atoms with Crippen LogP contribution in [-0.2, 0) is 6.42 Å². The van der Waals surface area contributed by atoms with Gasteiger partial charge in [0.2, 0.25) is 0 Å². The zero-order valence-corrected chi connectivity index (χ0v) is 13.3. The summed E-state index contributed by atoms with van der Waals surface area (Å²) in [6.07, 6.45) is 1.75. The van der Waals surface area contributed by atoms with Crippen LogP contribution in [0.15, 0.2) is 30.5 Å². The summed E-state index contributed by atoms with van der Waals surface area (Å²) in [5.74, 6) is -0.388. The van der Waals surface area contributed by atoms with Crippen molar-refractivity contribution in [3.05, 3.63) is 56.9 Å². The van der Waals surface area contributed by atoms with Crippen molar-refractivity contribution in [1.29, 1.82) is 5.26 Å². The van der Waals surface area contributed by atoms with Crippen LogP contribution in [0.25, 0.3) is 22.0 Å². The van der Waals surface area contributed by atoms with E-state index in [2.05, 4.69) is 4.98 Å². The molecule has 2 nitrogen and oxygen atoms in total. The molecule has 0 aliphatic heterocycles. The first kappa shape index (κ1) is 15.2. The number of rotatable bonds is 2. The standard InChI is InChI=1S/C16H8Cl3FN2/c17-11-6-13(19)12(18)5-10(11)9-1-2-14(20)15-8(3-4-21)7-22-16(9)15/h1-2,5-7,22H,3H2. The molecule has 0 bridgehead atoms. The van der Waals surface area contributed by atoms with Crippen LogP contribution in [0.5, 0.6) is 0 Å². The van der Waals surface area contributed by atoms with Crippen molar-refractivity contribution in [1.82, 2.24) is 4.98 Å². The number of hydrogen-bond acceptors (Lipinski definition) is 1. The molecule has 0 aliphatic rings. The number of nitriles is 1. The van der Waals surface area contributed by atoms with Crippen LogP contribution in [-0.4, -0.2) is 4.98 Å². The van der Waals surface area contributed by atoms with Gasteiger partial charge in [-0.1, -0.05) is 34.8 Å². The van der Waals surface area contributed by atoms with Gasteiger partial charge in [0, 0.05) is 22.7 Å². The van der Waals surface area contributed by atoms with E-state index in [9.17, 15) is 4.39 Å². The fourth-order valence-electron chi connectivity index (χ4n) is 2.45. The number of aromatic nitrogens is 1. The maximum Gasteiger partial charge on any atom is 0.132 e. The van der Waals surface area contributed by atoms with Gasteiger partial charge in [-0.25, -0.2) is 4.39 Å². The fraction of sp³-hybridized carbons (Fsp3) is 0.0625. The van der Waals surface area contributed by atoms with Gasteiger partial charge in [0.1, 0.15) is 5.82 Å². The SMILES string of the molecule is N#CCc1c[nH]c2c(-c3cc(Cl)c(Cl)cc3Cl)ccc(F)c12. The molecule has 6 heteroatoms. The van der Waals surface area contributed by atoms with E-state index in [0.717, 1.165) is 0 Å². The quantitative estimate of drug-likeness (QED) is 0.564. The summed E-state index contributed by atoms with van der Waals surface area (Å²) in [4.78, 5) is 3.02. The molecule has 2 aromatic carbocycles. The first-order chi connectivity index (χ1) is 10.5. The lowest BCUT2D eigenvalue weighted by atomic mass is 10.0. The maximum absolute atomic E-state index is 14.1. The van der Waals surface area contributed by atoms with Crippen molar-refractivity contribution in [2.75, 3.05) is 0 Å². The number of fused-ring (bicyclic) bond motifs is 1. The highest BCUT2D eigenvalue weighted by Gasteiger charge is 2.16. The molecule has 3 rings (SSSR count). The molecule has 0 atom stereocenters. The van der Waals surface area contributed by atoms with Crippen molar-refractivity contribution in [2.24, 2.45) is 0 Å². The molecule has 0 saturated heterocycles. The number of hydrogen-bond donors (Lipinski definition) is 1. The number of benzene rings is 2. The Kier molecular flexibility index (Phi) is 4.01. The minimum Gasteiger partial charge on any atom is -0.360 e. The normalized spacial score (nSPS) is 10.9. The van der Waals surface area contributed by atoms with E-state index in [1.807, 2.05) is 6.07 Å². The predicted octanol–water partition coefficient (Wildman–Crippen LogP) is 6.00. The lowest BCUT2D eigenvalue weighted by Crippen LogP contribution is -1.87. The van der Waals surface area contributed by atoms with Gasteiger partial charge >= 0.3 is 0 Å². The number of nitrogens with one attached hydrogen (secondary N) is 1. The second-order valence-corrected chi connectivity index (χ2v) is 5.96. The Morgan fingerprint density at radius 1 is 1.05 bits per heavy atom. The summed E-state index contributed by atoms with van der Waals surface area (Å²) in [7, 11) is 0. The van der Waals surface area contributed by atoms with Gasteiger partial charge < -0.3 is 4.98 Å². The molecule has 110 valence electrons. The Morgan fingerprint density at radius 3 is 2.50 bits per heavy atom. The smallest absolute Gasteiger partial charge is 0.132 e. The zero-order valence-electron chi connectivity index (χ0n) is 11.1. The van der Waals surface area contributed by atoms with E-state index in [1.54, 1.807) is 24.4 Å². The highest BCUT2D eigenvalue weighted by Crippen LogP contribution is 2.39. The summed E-state index contributed by atoms with van der Waals surface area (Å²) < 4.78 is 14.1. The van der Waals surface area contributed by atoms with Gasteiger partial charge in [0.05, 0.1) is 33.1 Å². The molecule has 0 fully saturated rings. The van der Waals surface area contributed by atoms with Gasteiger partial charge in [-0.05, 0) is 29.8 Å². The molecule has 1 aromatic heterocycles. The van der Waals surface area contributed by atoms with Gasteiger partial charge in [0.25, 0.3) is 0 Å². The van der Waals surface area contributed by atoms with Crippen LogP contribution in [0.2, 0.25) is 15.1 Å². The summed E-state index contributed by atoms with van der Waals surface area (Å²) >= 11 is 18.2. The molecule has 22 heavy (non-hydrogen) atoms. The first-order valence-electron chi connectivity index (χ1n) is 6.33. The summed E-state index contributed by atoms with van der Waals surface area (Å²) in [6, 6.07) is 8.19. The number of halogens is 4. The zero-order chi connectivity index (χ0) is 15.9. The largest absolute Gasteiger partial charge is 0.360 e. The maximum atomic E-state index is 14.1. The van der Waals surface area contributed by atoms with Crippen LogP contribution in [0, 0.1) is 17.1 Å². The van der Waals surface area contributed by atoms with E-state index >= 15 is 0 Å². The molecule has 0 radical (unpaired) electrons. The summed E-state index contributed by atoms with van der Waals surface area (Å²) in [5.41, 5.74) is 2.52. The molecule has 0 amide bonds. The second-order valence-electron chi connectivity index (χ2n) is 4.74. The third-order valence-corrected chi connectivity index (χ3v) is 4.47. The average molecular weight is 354 g/mol. The van der Waals surface area contributed by atoms with E-state index < -0.39 is 0 Å². The molecule has 0 aliphatic carbocycles. The molecule has 1 N–H and O–H groups in total. The van der Waals surface area contributed by atoms with Crippen molar-refractivity contribution >= 4 is 45.7 Å². The Morgan fingerprint density at radius 2 is 1.77 bits per heavy atom. The van der Waals surface area contributed by atoms with Crippen molar-refractivity contribution in [3.63, 3.8) is 0 Å². The Hall–Kier alpha value is -1.73. The Balaban J connectivity index is 2.32. The number of H-pyrrole nitrogens is 1. The molecular formula is C16H8Cl3FN2. The van der Waals surface area contributed by atoms with E-state index in [-0.39, 0.29) is 12.2 Å². The lowest BCUT2D eigenvalue weighted by molar-refractivity contribution is 0.639. The second kappa shape index (κ2) is 5.81. The van der Waals surface area contributed by atoms with E-state index in [1.165, 1.54) is 6.07 Å². The van der Waals surface area contributed by atoms with Gasteiger partial charge in [0.15, 0.2) is 0 Å². The van der Waals surface area contributed by atoms with Crippen LogP contribution >= 0.6 is 34.8 Å². The van der Waals surface area contributed by atoms with Gasteiger partial charge in [-0.15, -0.1) is 0 Å². The topological polar surface area (TPSA) is 39.6 Å². The van der Waals surface area contributed by atoms with E-state index in [4.69, 9.17) is 40.1 Å². The third kappa shape index (κ3) is 2.44. The van der Waals surface area contributed by atoms with Crippen LogP contribution in [0.4, 0.5) is 4.39 Å². The van der Waals surface area contributed by atoms with Crippen molar-refractivity contribution in [3.8, 4) is 17.2 Å². The Bertz CT molecular complexity index is 925. The molecule has 0 saturated carbocycles. The highest BCUT2D eigenvalue weighted by molar-refractivity contribution is 6.44. The molecule has 0 spiro atoms. The fourth-order valence-corrected chi connectivity index (χ4v) is 3.10. The molecule has 3 aromatic rings. The summed E-state index contributed by atoms with van der Waals surface area (Å²) in [5, 5.41) is 10.4. The number of nitrogens with zero attached hydrogens (tertiary/aromatic N) is 1. The van der Waals surface area contributed by atoms with Crippen LogP contribution < -0.4 is 0 Å². The number of aromatic amines is 1. The highest BCUT2D eigenvalue weighted by atomic mass is 35.5. The monoisotopic (exact) mass is 352 g/mol. The minimum atomic E-state index is -0.388. The van der Waals surface area contributed by atoms with Crippen LogP contribution in [0.3, 0.4) is 0 Å². The average Bonchev–Trinajstić information content (AvgIpc) is 2.89. The van der Waals surface area contributed by atoms with Crippen molar-refractivity contribution < 1.29 is 4.39 Å². The van der Waals surface area contributed by atoms with E-state index in [0.29, 0.717) is 42.7 Å².